The number of aliphatic imine (C=N–C) groups is 1. The molecular formula is C19H20N2O4S. The number of rotatable bonds is 5. The third-order valence-electron chi connectivity index (χ3n) is 4.17. The first-order valence-corrected chi connectivity index (χ1v) is 9.21. The van der Waals surface area contributed by atoms with Gasteiger partial charge in [-0.3, -0.25) is 9.69 Å². The van der Waals surface area contributed by atoms with E-state index in [1.807, 2.05) is 24.3 Å². The van der Waals surface area contributed by atoms with Gasteiger partial charge < -0.3 is 9.47 Å². The third-order valence-corrected chi connectivity index (χ3v) is 5.12. The Kier molecular flexibility index (Phi) is 5.46. The van der Waals surface area contributed by atoms with E-state index in [9.17, 15) is 9.59 Å². The number of fused-ring (bicyclic) bond motifs is 1. The summed E-state index contributed by atoms with van der Waals surface area (Å²) < 4.78 is 10.6. The molecule has 3 rings (SSSR count). The van der Waals surface area contributed by atoms with E-state index in [0.29, 0.717) is 34.4 Å². The minimum absolute atomic E-state index is 0.0585. The first-order valence-electron chi connectivity index (χ1n) is 8.23. The van der Waals surface area contributed by atoms with Crippen molar-refractivity contribution >= 4 is 28.8 Å². The van der Waals surface area contributed by atoms with Crippen LogP contribution in [-0.4, -0.2) is 41.4 Å². The first-order chi connectivity index (χ1) is 12.6. The van der Waals surface area contributed by atoms with E-state index < -0.39 is 12.0 Å². The molecule has 1 fully saturated rings. The predicted octanol–water partition coefficient (Wildman–Crippen LogP) is 3.07. The van der Waals surface area contributed by atoms with Crippen LogP contribution in [0.25, 0.3) is 0 Å². The van der Waals surface area contributed by atoms with Crippen molar-refractivity contribution in [2.24, 2.45) is 4.99 Å². The molecule has 2 aliphatic rings. The summed E-state index contributed by atoms with van der Waals surface area (Å²) in [6.45, 7) is 5.43. The van der Waals surface area contributed by atoms with Crippen LogP contribution in [0.2, 0.25) is 0 Å². The monoisotopic (exact) mass is 372 g/mol. The summed E-state index contributed by atoms with van der Waals surface area (Å²) in [5, 5.41) is 0.617. The molecule has 26 heavy (non-hydrogen) atoms. The fourth-order valence-electron chi connectivity index (χ4n) is 3.00. The predicted molar refractivity (Wildman–Crippen MR) is 101 cm³/mol. The van der Waals surface area contributed by atoms with E-state index in [2.05, 4.69) is 11.6 Å². The summed E-state index contributed by atoms with van der Waals surface area (Å²) in [6, 6.07) is 6.77. The Morgan fingerprint density at radius 3 is 3.04 bits per heavy atom. The van der Waals surface area contributed by atoms with E-state index in [-0.39, 0.29) is 12.5 Å². The van der Waals surface area contributed by atoms with Gasteiger partial charge in [0.15, 0.2) is 5.17 Å². The molecule has 1 amide bonds. The Morgan fingerprint density at radius 1 is 1.50 bits per heavy atom. The second kappa shape index (κ2) is 7.78. The van der Waals surface area contributed by atoms with Crippen LogP contribution < -0.4 is 4.74 Å². The van der Waals surface area contributed by atoms with Gasteiger partial charge in [-0.05, 0) is 24.6 Å². The van der Waals surface area contributed by atoms with E-state index in [1.165, 1.54) is 17.8 Å². The second-order valence-corrected chi connectivity index (χ2v) is 6.88. The minimum atomic E-state index is -0.588. The van der Waals surface area contributed by atoms with Crippen molar-refractivity contribution in [2.75, 3.05) is 19.5 Å². The van der Waals surface area contributed by atoms with Gasteiger partial charge in [0.2, 0.25) is 5.91 Å². The number of allylic oxidation sites excluding steroid dienone is 1. The molecule has 0 radical (unpaired) electrons. The lowest BCUT2D eigenvalue weighted by Gasteiger charge is -2.38. The maximum atomic E-state index is 12.7. The van der Waals surface area contributed by atoms with Gasteiger partial charge in [-0.2, -0.15) is 0 Å². The normalized spacial score (nSPS) is 19.6. The molecule has 0 unspecified atom stereocenters. The van der Waals surface area contributed by atoms with Crippen molar-refractivity contribution < 1.29 is 19.1 Å². The molecule has 0 N–H and O–H groups in total. The number of carbonyl (C=O) groups excluding carboxylic acids is 2. The van der Waals surface area contributed by atoms with E-state index in [0.717, 1.165) is 5.56 Å². The van der Waals surface area contributed by atoms with Crippen molar-refractivity contribution in [3.8, 4) is 5.75 Å². The van der Waals surface area contributed by atoms with E-state index in [4.69, 9.17) is 9.47 Å². The van der Waals surface area contributed by atoms with Crippen molar-refractivity contribution in [1.82, 2.24) is 4.90 Å². The SMILES string of the molecule is C=CCOC(=O)C1=C(C)N=C2SCCC(=O)N2[C@@H]1c1cccc(OC)c1. The van der Waals surface area contributed by atoms with Crippen molar-refractivity contribution in [3.05, 3.63) is 53.8 Å². The number of esters is 1. The number of carbonyl (C=O) groups is 2. The zero-order valence-corrected chi connectivity index (χ0v) is 15.5. The topological polar surface area (TPSA) is 68.2 Å². The molecule has 2 aliphatic heterocycles. The Labute approximate surface area is 156 Å². The maximum absolute atomic E-state index is 12.7. The van der Waals surface area contributed by atoms with Crippen LogP contribution in [0.1, 0.15) is 24.9 Å². The first kappa shape index (κ1) is 18.3. The molecule has 1 aromatic carbocycles. The average Bonchev–Trinajstić information content (AvgIpc) is 2.65. The zero-order valence-electron chi connectivity index (χ0n) is 14.7. The van der Waals surface area contributed by atoms with Crippen LogP contribution in [0.15, 0.2) is 53.2 Å². The van der Waals surface area contributed by atoms with Gasteiger partial charge in [-0.1, -0.05) is 36.5 Å². The van der Waals surface area contributed by atoms with Crippen LogP contribution in [0, 0.1) is 0 Å². The van der Waals surface area contributed by atoms with Gasteiger partial charge >= 0.3 is 5.97 Å². The number of thioether (sulfide) groups is 1. The Morgan fingerprint density at radius 2 is 2.31 bits per heavy atom. The quantitative estimate of drug-likeness (QED) is 0.587. The Hall–Kier alpha value is -2.54. The highest BCUT2D eigenvalue weighted by Gasteiger charge is 2.41. The zero-order chi connectivity index (χ0) is 18.7. The molecule has 0 bridgehead atoms. The fraction of sp³-hybridized carbons (Fsp3) is 0.316. The summed E-state index contributed by atoms with van der Waals surface area (Å²) in [4.78, 5) is 31.5. The molecule has 136 valence electrons. The summed E-state index contributed by atoms with van der Waals surface area (Å²) in [6.07, 6.45) is 1.91. The largest absolute Gasteiger partial charge is 0.497 e. The number of amides is 1. The standard InChI is InChI=1S/C19H20N2O4S/c1-4-9-25-18(23)16-12(2)20-19-21(15(22)8-10-26-19)17(16)13-6-5-7-14(11-13)24-3/h4-7,11,17H,1,8-10H2,2-3H3/t17-/m1/s1. The number of ether oxygens (including phenoxy) is 2. The molecule has 6 nitrogen and oxygen atoms in total. The van der Waals surface area contributed by atoms with Gasteiger partial charge in [0.25, 0.3) is 0 Å². The lowest BCUT2D eigenvalue weighted by molar-refractivity contribution is -0.139. The Bertz CT molecular complexity index is 816. The van der Waals surface area contributed by atoms with Crippen molar-refractivity contribution in [3.63, 3.8) is 0 Å². The fourth-order valence-corrected chi connectivity index (χ4v) is 4.00. The molecule has 1 saturated heterocycles. The number of hydrogen-bond donors (Lipinski definition) is 0. The molecule has 0 saturated carbocycles. The van der Waals surface area contributed by atoms with Crippen molar-refractivity contribution in [1.29, 1.82) is 0 Å². The number of nitrogens with zero attached hydrogens (tertiary/aromatic N) is 2. The van der Waals surface area contributed by atoms with Gasteiger partial charge in [0.1, 0.15) is 12.4 Å². The Balaban J connectivity index is 2.12. The van der Waals surface area contributed by atoms with Crippen LogP contribution >= 0.6 is 11.8 Å². The highest BCUT2D eigenvalue weighted by molar-refractivity contribution is 8.14. The van der Waals surface area contributed by atoms with Crippen molar-refractivity contribution in [2.45, 2.75) is 19.4 Å². The highest BCUT2D eigenvalue weighted by Crippen LogP contribution is 2.41. The number of benzene rings is 1. The lowest BCUT2D eigenvalue weighted by Crippen LogP contribution is -2.45. The summed E-state index contributed by atoms with van der Waals surface area (Å²) in [5.41, 5.74) is 1.69. The minimum Gasteiger partial charge on any atom is -0.497 e. The van der Waals surface area contributed by atoms with Crippen LogP contribution in [0.5, 0.6) is 5.75 Å². The number of methoxy groups -OCH3 is 1. The average molecular weight is 372 g/mol. The summed E-state index contributed by atoms with van der Waals surface area (Å²) in [5.74, 6) is 0.779. The molecule has 1 aromatic rings. The van der Waals surface area contributed by atoms with Gasteiger partial charge in [-0.25, -0.2) is 9.79 Å². The van der Waals surface area contributed by atoms with Gasteiger partial charge in [-0.15, -0.1) is 0 Å². The van der Waals surface area contributed by atoms with E-state index in [1.54, 1.807) is 18.9 Å². The molecule has 7 heteroatoms. The molecule has 1 atom stereocenters. The van der Waals surface area contributed by atoms with Crippen LogP contribution in [0.3, 0.4) is 0 Å². The summed E-state index contributed by atoms with van der Waals surface area (Å²) in [7, 11) is 1.58. The van der Waals surface area contributed by atoms with Gasteiger partial charge in [0.05, 0.1) is 24.4 Å². The van der Waals surface area contributed by atoms with Crippen LogP contribution in [0.4, 0.5) is 0 Å². The second-order valence-electron chi connectivity index (χ2n) is 5.82. The number of amidine groups is 1. The van der Waals surface area contributed by atoms with Crippen LogP contribution in [-0.2, 0) is 14.3 Å². The smallest absolute Gasteiger partial charge is 0.338 e. The van der Waals surface area contributed by atoms with Gasteiger partial charge in [0, 0.05) is 12.2 Å². The molecule has 0 spiro atoms. The molecular weight excluding hydrogens is 352 g/mol. The third kappa shape index (κ3) is 3.39. The maximum Gasteiger partial charge on any atom is 0.338 e. The lowest BCUT2D eigenvalue weighted by atomic mass is 9.94. The molecule has 2 heterocycles. The molecule has 0 aliphatic carbocycles. The number of hydrogen-bond acceptors (Lipinski definition) is 6. The molecule has 0 aromatic heterocycles. The highest BCUT2D eigenvalue weighted by atomic mass is 32.2. The van der Waals surface area contributed by atoms with E-state index >= 15 is 0 Å². The summed E-state index contributed by atoms with van der Waals surface area (Å²) >= 11 is 1.52.